The predicted octanol–water partition coefficient (Wildman–Crippen LogP) is 2.95. The average Bonchev–Trinajstić information content (AvgIpc) is 3.27. The zero-order valence-electron chi connectivity index (χ0n) is 18.9. The molecular weight excluding hydrogens is 456 g/mol. The first-order chi connectivity index (χ1) is 16.5. The van der Waals surface area contributed by atoms with E-state index in [0.717, 1.165) is 17.0 Å². The van der Waals surface area contributed by atoms with Crippen LogP contribution in [0.15, 0.2) is 65.2 Å². The van der Waals surface area contributed by atoms with Gasteiger partial charge in [-0.15, -0.1) is 10.2 Å². The molecule has 0 spiro atoms. The van der Waals surface area contributed by atoms with E-state index in [1.165, 1.54) is 11.8 Å². The summed E-state index contributed by atoms with van der Waals surface area (Å²) in [6.07, 6.45) is 3.38. The normalized spacial score (nSPS) is 15.5. The molecule has 2 N–H and O–H groups in total. The number of pyridine rings is 1. The summed E-state index contributed by atoms with van der Waals surface area (Å²) in [6, 6.07) is 10.4. The largest absolute Gasteiger partial charge is 0.497 e. The Morgan fingerprint density at radius 1 is 1.15 bits per heavy atom. The van der Waals surface area contributed by atoms with Gasteiger partial charge in [-0.05, 0) is 50.2 Å². The minimum absolute atomic E-state index is 0.241. The molecule has 11 heteroatoms. The zero-order chi connectivity index (χ0) is 24.1. The number of urea groups is 1. The molecule has 0 saturated carbocycles. The van der Waals surface area contributed by atoms with E-state index in [0.29, 0.717) is 22.3 Å². The number of nitrogens with one attached hydrogen (secondary N) is 2. The van der Waals surface area contributed by atoms with Crippen LogP contribution in [0, 0.1) is 0 Å². The van der Waals surface area contributed by atoms with Gasteiger partial charge in [0.25, 0.3) is 0 Å². The Morgan fingerprint density at radius 2 is 1.88 bits per heavy atom. The molecule has 4 rings (SSSR count). The molecule has 0 saturated heterocycles. The van der Waals surface area contributed by atoms with Crippen LogP contribution in [0.5, 0.6) is 5.75 Å². The number of hydrogen-bond donors (Lipinski definition) is 2. The highest BCUT2D eigenvalue weighted by Crippen LogP contribution is 2.30. The SMILES string of the molecule is CCOC(=O)C1=C(CSc2nnc(-c3ccncc3)n2-c2ccc(OC)cc2)NC(=O)NC1C. The fraction of sp³-hybridized carbons (Fsp3) is 0.261. The summed E-state index contributed by atoms with van der Waals surface area (Å²) in [4.78, 5) is 28.7. The molecule has 1 aliphatic heterocycles. The van der Waals surface area contributed by atoms with Gasteiger partial charge >= 0.3 is 12.0 Å². The molecule has 10 nitrogen and oxygen atoms in total. The van der Waals surface area contributed by atoms with Crippen molar-refractivity contribution < 1.29 is 19.1 Å². The zero-order valence-corrected chi connectivity index (χ0v) is 19.8. The molecule has 2 amide bonds. The molecule has 3 heterocycles. The van der Waals surface area contributed by atoms with Gasteiger partial charge in [0.1, 0.15) is 5.75 Å². The minimum atomic E-state index is -0.477. The number of amides is 2. The summed E-state index contributed by atoms with van der Waals surface area (Å²) >= 11 is 1.35. The van der Waals surface area contributed by atoms with Crippen molar-refractivity contribution in [2.75, 3.05) is 19.5 Å². The number of thioether (sulfide) groups is 1. The van der Waals surface area contributed by atoms with Crippen molar-refractivity contribution in [3.63, 3.8) is 0 Å². The molecule has 1 unspecified atom stereocenters. The second kappa shape index (κ2) is 10.4. The van der Waals surface area contributed by atoms with Crippen molar-refractivity contribution in [2.45, 2.75) is 25.0 Å². The number of hydrogen-bond acceptors (Lipinski definition) is 8. The average molecular weight is 481 g/mol. The molecule has 2 aromatic heterocycles. The lowest BCUT2D eigenvalue weighted by atomic mass is 10.1. The first-order valence-electron chi connectivity index (χ1n) is 10.6. The third-order valence-electron chi connectivity index (χ3n) is 5.11. The molecule has 1 atom stereocenters. The molecule has 0 fully saturated rings. The fourth-order valence-electron chi connectivity index (χ4n) is 3.55. The van der Waals surface area contributed by atoms with Crippen LogP contribution in [0.3, 0.4) is 0 Å². The van der Waals surface area contributed by atoms with E-state index in [2.05, 4.69) is 25.8 Å². The Labute approximate surface area is 200 Å². The van der Waals surface area contributed by atoms with Gasteiger partial charge in [-0.1, -0.05) is 11.8 Å². The third kappa shape index (κ3) is 4.88. The Morgan fingerprint density at radius 3 is 2.56 bits per heavy atom. The summed E-state index contributed by atoms with van der Waals surface area (Å²) in [7, 11) is 1.61. The molecule has 0 aliphatic carbocycles. The smallest absolute Gasteiger partial charge is 0.337 e. The first kappa shape index (κ1) is 23.3. The number of nitrogens with zero attached hydrogens (tertiary/aromatic N) is 4. The van der Waals surface area contributed by atoms with E-state index < -0.39 is 12.0 Å². The number of carbonyl (C=O) groups excluding carboxylic acids is 2. The molecule has 1 aliphatic rings. The van der Waals surface area contributed by atoms with E-state index in [9.17, 15) is 9.59 Å². The highest BCUT2D eigenvalue weighted by Gasteiger charge is 2.30. The Bertz CT molecular complexity index is 1210. The van der Waals surface area contributed by atoms with Crippen molar-refractivity contribution in [2.24, 2.45) is 0 Å². The summed E-state index contributed by atoms with van der Waals surface area (Å²) in [5.74, 6) is 1.19. The van der Waals surface area contributed by atoms with Crippen molar-refractivity contribution in [3.8, 4) is 22.8 Å². The van der Waals surface area contributed by atoms with Gasteiger partial charge in [0.05, 0.1) is 25.3 Å². The van der Waals surface area contributed by atoms with Crippen LogP contribution >= 0.6 is 11.8 Å². The summed E-state index contributed by atoms with van der Waals surface area (Å²) in [5.41, 5.74) is 2.55. The standard InChI is InChI=1S/C23H24N6O4S/c1-4-33-21(30)19-14(2)25-22(31)26-18(19)13-34-23-28-27-20(15-9-11-24-12-10-15)29(23)16-5-7-17(32-3)8-6-16/h5-12,14H,4,13H2,1-3H3,(H2,25,26,31). The first-order valence-corrected chi connectivity index (χ1v) is 11.6. The van der Waals surface area contributed by atoms with Crippen LogP contribution < -0.4 is 15.4 Å². The quantitative estimate of drug-likeness (QED) is 0.373. The van der Waals surface area contributed by atoms with Crippen LogP contribution in [0.2, 0.25) is 0 Å². The van der Waals surface area contributed by atoms with Gasteiger partial charge in [0.15, 0.2) is 11.0 Å². The number of carbonyl (C=O) groups is 2. The van der Waals surface area contributed by atoms with Crippen LogP contribution in [0.1, 0.15) is 13.8 Å². The van der Waals surface area contributed by atoms with Crippen LogP contribution in [-0.2, 0) is 9.53 Å². The molecule has 0 radical (unpaired) electrons. The van der Waals surface area contributed by atoms with Gasteiger partial charge < -0.3 is 20.1 Å². The fourth-order valence-corrected chi connectivity index (χ4v) is 4.47. The lowest BCUT2D eigenvalue weighted by molar-refractivity contribution is -0.138. The summed E-state index contributed by atoms with van der Waals surface area (Å²) in [5, 5.41) is 14.8. The predicted molar refractivity (Wildman–Crippen MR) is 127 cm³/mol. The van der Waals surface area contributed by atoms with Crippen molar-refractivity contribution >= 4 is 23.8 Å². The summed E-state index contributed by atoms with van der Waals surface area (Å²) in [6.45, 7) is 3.73. The van der Waals surface area contributed by atoms with E-state index in [4.69, 9.17) is 9.47 Å². The lowest BCUT2D eigenvalue weighted by Crippen LogP contribution is -2.49. The Hall–Kier alpha value is -3.86. The minimum Gasteiger partial charge on any atom is -0.497 e. The number of benzene rings is 1. The Kier molecular flexibility index (Phi) is 7.12. The second-order valence-corrected chi connectivity index (χ2v) is 8.24. The number of ether oxygens (including phenoxy) is 2. The molecule has 1 aromatic carbocycles. The van der Waals surface area contributed by atoms with Gasteiger partial charge in [0.2, 0.25) is 0 Å². The van der Waals surface area contributed by atoms with E-state index in [1.807, 2.05) is 41.0 Å². The maximum atomic E-state index is 12.5. The van der Waals surface area contributed by atoms with Crippen molar-refractivity contribution in [3.05, 3.63) is 60.1 Å². The van der Waals surface area contributed by atoms with Gasteiger partial charge in [0, 0.05) is 35.1 Å². The maximum absolute atomic E-state index is 12.5. The topological polar surface area (TPSA) is 120 Å². The van der Waals surface area contributed by atoms with E-state index >= 15 is 0 Å². The molecular formula is C23H24N6O4S. The van der Waals surface area contributed by atoms with Crippen LogP contribution in [-0.4, -0.2) is 57.3 Å². The van der Waals surface area contributed by atoms with E-state index in [1.54, 1.807) is 33.4 Å². The Balaban J connectivity index is 1.71. The van der Waals surface area contributed by atoms with Crippen molar-refractivity contribution in [1.82, 2.24) is 30.4 Å². The highest BCUT2D eigenvalue weighted by atomic mass is 32.2. The molecule has 3 aromatic rings. The molecule has 176 valence electrons. The maximum Gasteiger partial charge on any atom is 0.337 e. The summed E-state index contributed by atoms with van der Waals surface area (Å²) < 4.78 is 12.4. The molecule has 0 bridgehead atoms. The van der Waals surface area contributed by atoms with Gasteiger partial charge in [-0.2, -0.15) is 0 Å². The lowest BCUT2D eigenvalue weighted by Gasteiger charge is -2.26. The molecule has 34 heavy (non-hydrogen) atoms. The van der Waals surface area contributed by atoms with Crippen LogP contribution in [0.25, 0.3) is 17.1 Å². The van der Waals surface area contributed by atoms with Crippen LogP contribution in [0.4, 0.5) is 4.79 Å². The number of methoxy groups -OCH3 is 1. The number of aromatic nitrogens is 4. The monoisotopic (exact) mass is 480 g/mol. The number of esters is 1. The van der Waals surface area contributed by atoms with Gasteiger partial charge in [-0.25, -0.2) is 9.59 Å². The highest BCUT2D eigenvalue weighted by molar-refractivity contribution is 7.99. The van der Waals surface area contributed by atoms with Crippen molar-refractivity contribution in [1.29, 1.82) is 0 Å². The third-order valence-corrected chi connectivity index (χ3v) is 6.07. The van der Waals surface area contributed by atoms with E-state index in [-0.39, 0.29) is 18.4 Å². The second-order valence-electron chi connectivity index (χ2n) is 7.30. The van der Waals surface area contributed by atoms with Gasteiger partial charge in [-0.3, -0.25) is 9.55 Å². The number of rotatable bonds is 8.